The molecule has 0 saturated carbocycles. The number of nitrogens with zero attached hydrogens (tertiary/aromatic N) is 6. The molecule has 10 rings (SSSR count). The highest BCUT2D eigenvalue weighted by molar-refractivity contribution is 6.31. The summed E-state index contributed by atoms with van der Waals surface area (Å²) in [6.07, 6.45) is -1.32. The number of aromatic hydroxyl groups is 2. The van der Waals surface area contributed by atoms with Crippen LogP contribution >= 0.6 is 34.8 Å². The molecule has 3 aromatic heterocycles. The van der Waals surface area contributed by atoms with Crippen molar-refractivity contribution in [2.45, 2.75) is 165 Å². The fourth-order valence-corrected chi connectivity index (χ4v) is 12.8. The highest BCUT2D eigenvalue weighted by atomic mass is 35.5. The number of amides is 5. The topological polar surface area (TPSA) is 279 Å². The van der Waals surface area contributed by atoms with Crippen molar-refractivity contribution >= 4 is 70.3 Å². The lowest BCUT2D eigenvalue weighted by Crippen LogP contribution is -2.44. The predicted molar refractivity (Wildman–Crippen MR) is 382 cm³/mol. The summed E-state index contributed by atoms with van der Waals surface area (Å²) in [5, 5.41) is 26.4. The molecule has 3 aliphatic heterocycles. The van der Waals surface area contributed by atoms with Gasteiger partial charge in [-0.25, -0.2) is 22.8 Å². The van der Waals surface area contributed by atoms with Crippen LogP contribution < -0.4 is 37.4 Å². The van der Waals surface area contributed by atoms with Crippen molar-refractivity contribution in [2.75, 3.05) is 19.6 Å². The molecule has 0 saturated heterocycles. The van der Waals surface area contributed by atoms with Gasteiger partial charge in [-0.05, 0) is 125 Å². The Morgan fingerprint density at radius 3 is 1.26 bits per heavy atom. The molecular formula is C74H83Cl3F3N9O13. The van der Waals surface area contributed by atoms with Gasteiger partial charge in [0, 0.05) is 99.2 Å². The van der Waals surface area contributed by atoms with Crippen molar-refractivity contribution in [3.8, 4) is 17.2 Å². The molecule has 0 atom stereocenters. The molecule has 6 N–H and O–H groups in total. The fraction of sp³-hybridized carbons (Fsp3) is 0.378. The number of pyridine rings is 3. The number of allylic oxidation sites excluding steroid dienone is 1. The molecule has 3 aliphatic rings. The summed E-state index contributed by atoms with van der Waals surface area (Å²) >= 11 is 17.6. The van der Waals surface area contributed by atoms with Gasteiger partial charge in [0.05, 0.1) is 28.2 Å². The zero-order valence-corrected chi connectivity index (χ0v) is 60.8. The number of nitrogens with two attached hydrogens (primary N) is 1. The first-order chi connectivity index (χ1) is 47.9. The van der Waals surface area contributed by atoms with E-state index in [0.29, 0.717) is 70.1 Å². The minimum absolute atomic E-state index is 0.0246. The molecule has 0 spiro atoms. The van der Waals surface area contributed by atoms with Crippen LogP contribution in [0, 0.1) is 17.5 Å². The molecule has 4 aromatic carbocycles. The van der Waals surface area contributed by atoms with E-state index >= 15 is 0 Å². The van der Waals surface area contributed by atoms with E-state index in [9.17, 15) is 61.7 Å². The number of benzene rings is 4. The SMILES string of the molecule is C=C(C)c1c(CNC(=O)OC(C)(C)C)n2c(c(OCc3ccccc3)c1=O)C(=O)N(Cc1ccc(F)c(Cl)c1)CC2.CC(C)c1c(CN)n2c(c(O)c1=O)C(=O)N(Cc1ccc(F)c(Cl)c1)CC2.CC(C)c1c(CNC(=O)OC(C)(C)C)n2c(c(O)c1=O)C(=O)N(Cc1ccc(F)c(Cl)c1)CC2. The Hall–Kier alpha value is -9.56. The van der Waals surface area contributed by atoms with Crippen LogP contribution in [0.1, 0.15) is 175 Å². The van der Waals surface area contributed by atoms with E-state index in [1.54, 1.807) is 93.0 Å². The van der Waals surface area contributed by atoms with Crippen molar-refractivity contribution < 1.29 is 61.6 Å². The third-order valence-electron chi connectivity index (χ3n) is 16.6. The van der Waals surface area contributed by atoms with Crippen LogP contribution in [0.4, 0.5) is 22.8 Å². The van der Waals surface area contributed by atoms with E-state index in [1.165, 1.54) is 52.3 Å². The average molecular weight is 1470 g/mol. The number of fused-ring (bicyclic) bond motifs is 3. The van der Waals surface area contributed by atoms with Gasteiger partial charge in [0.2, 0.25) is 16.3 Å². The zero-order valence-electron chi connectivity index (χ0n) is 58.6. The van der Waals surface area contributed by atoms with Crippen LogP contribution in [-0.2, 0) is 75.0 Å². The molecule has 0 aliphatic carbocycles. The monoisotopic (exact) mass is 1470 g/mol. The Kier molecular flexibility index (Phi) is 25.0. The van der Waals surface area contributed by atoms with E-state index in [1.807, 2.05) is 44.2 Å². The van der Waals surface area contributed by atoms with Crippen molar-refractivity contribution in [3.63, 3.8) is 0 Å². The third kappa shape index (κ3) is 18.2. The summed E-state index contributed by atoms with van der Waals surface area (Å²) in [6, 6.07) is 22.0. The van der Waals surface area contributed by atoms with Gasteiger partial charge < -0.3 is 69.2 Å². The standard InChI is InChI=1S/C31H33ClFN3O5.C24H29ClFN3O5.C19H21ClFN3O3/c1-19(2)25-24(16-34-30(39)41-31(3,4)5)36-14-13-35(17-21-11-12-23(33)22(32)15-21)29(38)26(36)28(27(25)37)40-18-20-9-7-6-8-10-20;1-13(2)18-17(11-27-23(33)34-24(3,4)5)29-9-8-28(22(32)19(29)21(31)20(18)30)12-14-6-7-16(26)15(25)10-14;1-10(2)15-14(8-22)24-6-5-23(19(27)16(24)18(26)17(15)25)9-11-3-4-13(21)12(20)7-11/h6-12,15H,1,13-14,16-18H2,2-5H3,(H,34,39);6-7,10,13,31H,8-9,11-12H2,1-5H3,(H,27,33);3-4,7,10,26H,5-6,8-9,22H2,1-2H3. The summed E-state index contributed by atoms with van der Waals surface area (Å²) in [4.78, 5) is 109. The second kappa shape index (κ2) is 32.6. The molecule has 22 nitrogen and oxygen atoms in total. The second-order valence-electron chi connectivity index (χ2n) is 27.3. The number of nitrogens with one attached hydrogen (secondary N) is 2. The number of hydrogen-bond acceptors (Lipinski definition) is 14. The summed E-state index contributed by atoms with van der Waals surface area (Å²) < 4.78 is 62.2. The van der Waals surface area contributed by atoms with Gasteiger partial charge >= 0.3 is 12.2 Å². The molecule has 0 unspecified atom stereocenters. The third-order valence-corrected chi connectivity index (χ3v) is 17.5. The number of hydrogen-bond donors (Lipinski definition) is 5. The number of aromatic nitrogens is 3. The van der Waals surface area contributed by atoms with E-state index in [-0.39, 0.29) is 121 Å². The molecule has 544 valence electrons. The lowest BCUT2D eigenvalue weighted by Gasteiger charge is -2.34. The lowest BCUT2D eigenvalue weighted by atomic mass is 9.97. The summed E-state index contributed by atoms with van der Waals surface area (Å²) in [7, 11) is 0. The van der Waals surface area contributed by atoms with Crippen LogP contribution in [0.15, 0.2) is 106 Å². The lowest BCUT2D eigenvalue weighted by molar-refractivity contribution is 0.0509. The van der Waals surface area contributed by atoms with Gasteiger partial charge in [-0.15, -0.1) is 0 Å². The van der Waals surface area contributed by atoms with Crippen LogP contribution in [0.25, 0.3) is 5.57 Å². The Morgan fingerprint density at radius 2 is 0.902 bits per heavy atom. The van der Waals surface area contributed by atoms with Crippen molar-refractivity contribution in [1.29, 1.82) is 0 Å². The number of rotatable bonds is 17. The van der Waals surface area contributed by atoms with E-state index in [2.05, 4.69) is 17.2 Å². The maximum Gasteiger partial charge on any atom is 0.407 e. The quantitative estimate of drug-likeness (QED) is 0.0567. The van der Waals surface area contributed by atoms with Gasteiger partial charge in [0.25, 0.3) is 17.7 Å². The van der Waals surface area contributed by atoms with Gasteiger partial charge in [-0.2, -0.15) is 0 Å². The number of carbonyl (C=O) groups excluding carboxylic acids is 5. The smallest absolute Gasteiger partial charge is 0.407 e. The van der Waals surface area contributed by atoms with E-state index in [4.69, 9.17) is 54.7 Å². The molecule has 0 fully saturated rings. The summed E-state index contributed by atoms with van der Waals surface area (Å²) in [5.41, 5.74) is 8.24. The number of carbonyl (C=O) groups is 5. The number of alkyl carbamates (subject to hydrolysis) is 2. The van der Waals surface area contributed by atoms with Gasteiger partial charge in [-0.1, -0.05) is 118 Å². The van der Waals surface area contributed by atoms with Gasteiger partial charge in [0.15, 0.2) is 34.3 Å². The van der Waals surface area contributed by atoms with Crippen LogP contribution in [-0.4, -0.2) is 99.4 Å². The first-order valence-electron chi connectivity index (χ1n) is 32.8. The number of ether oxygens (including phenoxy) is 3. The molecule has 28 heteroatoms. The molecule has 0 radical (unpaired) electrons. The molecule has 5 amide bonds. The highest BCUT2D eigenvalue weighted by Gasteiger charge is 2.37. The first-order valence-corrected chi connectivity index (χ1v) is 34.0. The zero-order chi connectivity index (χ0) is 75.1. The summed E-state index contributed by atoms with van der Waals surface area (Å²) in [5.74, 6) is -4.78. The van der Waals surface area contributed by atoms with E-state index < -0.39 is 86.3 Å². The van der Waals surface area contributed by atoms with Crippen molar-refractivity contribution in [2.24, 2.45) is 5.73 Å². The maximum atomic E-state index is 14.0. The second-order valence-corrected chi connectivity index (χ2v) is 28.5. The number of halogens is 6. The van der Waals surface area contributed by atoms with Gasteiger partial charge in [0.1, 0.15) is 35.3 Å². The van der Waals surface area contributed by atoms with E-state index in [0.717, 1.165) is 5.56 Å². The fourth-order valence-electron chi connectivity index (χ4n) is 12.2. The first kappa shape index (κ1) is 78.2. The van der Waals surface area contributed by atoms with Crippen LogP contribution in [0.2, 0.25) is 15.1 Å². The van der Waals surface area contributed by atoms with Crippen molar-refractivity contribution in [3.05, 3.63) is 228 Å². The Bertz CT molecular complexity index is 4600. The van der Waals surface area contributed by atoms with Crippen LogP contribution in [0.5, 0.6) is 17.2 Å². The molecule has 6 heterocycles. The predicted octanol–water partition coefficient (Wildman–Crippen LogP) is 12.7. The largest absolute Gasteiger partial charge is 0.503 e. The minimum atomic E-state index is -0.716. The van der Waals surface area contributed by atoms with Crippen LogP contribution in [0.3, 0.4) is 0 Å². The molecule has 7 aromatic rings. The molecule has 102 heavy (non-hydrogen) atoms. The average Bonchev–Trinajstić information content (AvgIpc) is 0.757. The van der Waals surface area contributed by atoms with Gasteiger partial charge in [-0.3, -0.25) is 28.8 Å². The highest BCUT2D eigenvalue weighted by Crippen LogP contribution is 2.33. The maximum absolute atomic E-state index is 14.0. The Balaban J connectivity index is 0.000000198. The summed E-state index contributed by atoms with van der Waals surface area (Å²) in [6.45, 7) is 25.9. The minimum Gasteiger partial charge on any atom is -0.503 e. The molecule has 0 bridgehead atoms. The van der Waals surface area contributed by atoms with Crippen molar-refractivity contribution in [1.82, 2.24) is 39.0 Å². The normalized spacial score (nSPS) is 13.5. The Labute approximate surface area is 602 Å². The Morgan fingerprint density at radius 1 is 0.539 bits per heavy atom. The molecular weight excluding hydrogens is 1390 g/mol.